The fourth-order valence-electron chi connectivity index (χ4n) is 9.90. The maximum absolute atomic E-state index is 14.7. The topological polar surface area (TPSA) is 146 Å². The molecule has 11 rings (SSSR count). The van der Waals surface area contributed by atoms with E-state index in [-0.39, 0.29) is 42.8 Å². The molecule has 2 saturated heterocycles. The van der Waals surface area contributed by atoms with Gasteiger partial charge in [0, 0.05) is 58.1 Å². The molecule has 0 aliphatic carbocycles. The largest absolute Gasteiger partial charge is 0.650 e. The average Bonchev–Trinajstić information content (AvgIpc) is 3.77. The quantitative estimate of drug-likeness (QED) is 0.178. The van der Waals surface area contributed by atoms with Crippen molar-refractivity contribution in [3.8, 4) is 28.7 Å². The number of nitrogens with zero attached hydrogens (tertiary/aromatic N) is 2. The Morgan fingerprint density at radius 3 is 2.77 bits per heavy atom. The summed E-state index contributed by atoms with van der Waals surface area (Å²) in [6.45, 7) is 6.17. The second-order valence-corrected chi connectivity index (χ2v) is 16.0. The van der Waals surface area contributed by atoms with Crippen LogP contribution in [0.25, 0.3) is 16.2 Å². The van der Waals surface area contributed by atoms with Crippen LogP contribution < -0.4 is 24.3 Å². The van der Waals surface area contributed by atoms with Crippen LogP contribution in [0.3, 0.4) is 0 Å². The van der Waals surface area contributed by atoms with Crippen molar-refractivity contribution >= 4 is 34.6 Å². The predicted molar refractivity (Wildman–Crippen MR) is 193 cm³/mol. The second kappa shape index (κ2) is 11.7. The second-order valence-electron chi connectivity index (χ2n) is 14.8. The average molecular weight is 742 g/mol. The van der Waals surface area contributed by atoms with E-state index < -0.39 is 34.8 Å². The summed E-state index contributed by atoms with van der Waals surface area (Å²) in [6.07, 6.45) is 1.23. The number of piperazine rings is 1. The fraction of sp³-hybridized carbons (Fsp3) is 0.436. The molecule has 0 amide bonds. The number of aromatic nitrogens is 1. The summed E-state index contributed by atoms with van der Waals surface area (Å²) in [5.41, 5.74) is 5.73. The number of hydrogen-bond donors (Lipinski definition) is 3. The van der Waals surface area contributed by atoms with E-state index >= 15 is 0 Å². The molecular formula is C39H38FN4O8S-. The van der Waals surface area contributed by atoms with Crippen LogP contribution in [0.15, 0.2) is 24.3 Å². The van der Waals surface area contributed by atoms with E-state index in [4.69, 9.17) is 29.0 Å². The Morgan fingerprint density at radius 1 is 1.13 bits per heavy atom. The SMILES string of the molecule is COc1c(C)cc2c(c1O)[C@H]1[N-][C@@H](C2)CN2C1[C@@H]1SC[C@]3(NCCc4c3[nH]c3ccc(F)cc43)C(=O)OC[C@H]2c2c3c(c(C)c(OC(C)=O)c21)OCO3. The normalized spacial score (nSPS) is 28.2. The molecule has 12 nitrogen and oxygen atoms in total. The van der Waals surface area contributed by atoms with Gasteiger partial charge in [-0.1, -0.05) is 12.1 Å². The minimum Gasteiger partial charge on any atom is -0.650 e. The molecule has 1 unspecified atom stereocenters. The number of carbonyl (C=O) groups excluding carboxylic acids is 2. The first-order valence-electron chi connectivity index (χ1n) is 17.9. The molecule has 53 heavy (non-hydrogen) atoms. The molecule has 3 N–H and O–H groups in total. The van der Waals surface area contributed by atoms with Gasteiger partial charge in [-0.3, -0.25) is 15.0 Å². The monoisotopic (exact) mass is 741 g/mol. The van der Waals surface area contributed by atoms with Crippen molar-refractivity contribution in [2.75, 3.05) is 39.4 Å². The van der Waals surface area contributed by atoms with E-state index in [1.807, 2.05) is 13.8 Å². The summed E-state index contributed by atoms with van der Waals surface area (Å²) in [7, 11) is 1.55. The minimum absolute atomic E-state index is 0.00233. The number of ether oxygens (including phenoxy) is 5. The third-order valence-electron chi connectivity index (χ3n) is 12.0. The van der Waals surface area contributed by atoms with E-state index in [0.29, 0.717) is 60.2 Å². The number of halogens is 1. The summed E-state index contributed by atoms with van der Waals surface area (Å²) in [5, 5.41) is 21.1. The molecule has 0 saturated carbocycles. The van der Waals surface area contributed by atoms with Crippen LogP contribution in [-0.2, 0) is 32.7 Å². The van der Waals surface area contributed by atoms with Gasteiger partial charge in [0.25, 0.3) is 0 Å². The van der Waals surface area contributed by atoms with Gasteiger partial charge in [-0.15, -0.1) is 17.8 Å². The smallest absolute Gasteiger partial charge is 0.333 e. The van der Waals surface area contributed by atoms with E-state index in [1.165, 1.54) is 19.1 Å². The van der Waals surface area contributed by atoms with Gasteiger partial charge in [0.05, 0.1) is 18.8 Å². The lowest BCUT2D eigenvalue weighted by Gasteiger charge is -2.64. The Balaban J connectivity index is 1.21. The molecule has 14 heteroatoms. The van der Waals surface area contributed by atoms with Crippen molar-refractivity contribution in [1.29, 1.82) is 0 Å². The number of phenolic OH excluding ortho intramolecular Hbond substituents is 1. The lowest BCUT2D eigenvalue weighted by Crippen LogP contribution is -2.60. The van der Waals surface area contributed by atoms with Gasteiger partial charge in [-0.25, -0.2) is 9.18 Å². The zero-order valence-electron chi connectivity index (χ0n) is 29.6. The number of nitrogens with one attached hydrogen (secondary N) is 2. The molecule has 276 valence electrons. The standard InChI is InChI=1S/C39H38FN4O8S/c1-16-9-19-10-21-12-44-25-13-49-38(47)39(37-22(7-8-41-39)23-11-20(40)5-6-24(23)43-37)14-53-36(30(44)29(42-21)26(19)31(46)32(16)48-4)28-27(25)35-34(50-15-51-35)17(2)33(28)52-18(3)45/h5-6,9,11,21,25,29-30,36,41,43,46H,7-8,10,12-15H2,1-4H3/q-1/t21-,25-,29+,30?,36+,39+/m0/s1. The first kappa shape index (κ1) is 33.1. The molecule has 8 heterocycles. The lowest BCUT2D eigenvalue weighted by atomic mass is 9.74. The maximum atomic E-state index is 14.7. The van der Waals surface area contributed by atoms with Gasteiger partial charge in [0.1, 0.15) is 18.2 Å². The molecule has 4 bridgehead atoms. The molecule has 6 atom stereocenters. The molecule has 1 spiro atoms. The molecule has 0 radical (unpaired) electrons. The Morgan fingerprint density at radius 2 is 1.96 bits per heavy atom. The lowest BCUT2D eigenvalue weighted by molar-refractivity contribution is -0.154. The molecular weight excluding hydrogens is 704 g/mol. The number of H-pyrrole nitrogens is 1. The molecule has 2 fully saturated rings. The molecule has 7 aliphatic heterocycles. The number of methoxy groups -OCH3 is 1. The third-order valence-corrected chi connectivity index (χ3v) is 13.4. The number of fused-ring (bicyclic) bond motifs is 11. The molecule has 1 aromatic heterocycles. The van der Waals surface area contributed by atoms with E-state index in [1.54, 1.807) is 24.9 Å². The number of hydrogen-bond acceptors (Lipinski definition) is 11. The highest BCUT2D eigenvalue weighted by atomic mass is 32.2. The van der Waals surface area contributed by atoms with E-state index in [0.717, 1.165) is 44.3 Å². The Bertz CT molecular complexity index is 2280. The van der Waals surface area contributed by atoms with Gasteiger partial charge < -0.3 is 39.1 Å². The van der Waals surface area contributed by atoms with Crippen LogP contribution in [0.4, 0.5) is 4.39 Å². The first-order valence-corrected chi connectivity index (χ1v) is 19.0. The number of phenols is 1. The van der Waals surface area contributed by atoms with Crippen LogP contribution in [0.1, 0.15) is 68.9 Å². The minimum atomic E-state index is -1.30. The Kier molecular flexibility index (Phi) is 7.34. The van der Waals surface area contributed by atoms with Gasteiger partial charge in [0.2, 0.25) is 6.79 Å². The number of esters is 2. The number of aryl methyl sites for hydroxylation is 1. The number of benzene rings is 3. The summed E-state index contributed by atoms with van der Waals surface area (Å²) in [5.74, 6) is 0.879. The van der Waals surface area contributed by atoms with Crippen molar-refractivity contribution in [3.63, 3.8) is 0 Å². The van der Waals surface area contributed by atoms with Crippen LogP contribution in [0.2, 0.25) is 0 Å². The summed E-state index contributed by atoms with van der Waals surface area (Å²) < 4.78 is 45.0. The number of aromatic hydroxyl groups is 1. The highest BCUT2D eigenvalue weighted by molar-refractivity contribution is 7.99. The zero-order chi connectivity index (χ0) is 36.5. The molecule has 7 aliphatic rings. The van der Waals surface area contributed by atoms with Gasteiger partial charge >= 0.3 is 11.9 Å². The summed E-state index contributed by atoms with van der Waals surface area (Å²) >= 11 is 1.55. The van der Waals surface area contributed by atoms with Crippen molar-refractivity contribution in [3.05, 3.63) is 80.0 Å². The summed E-state index contributed by atoms with van der Waals surface area (Å²) in [6, 6.07) is 5.23. The number of aromatic amines is 1. The molecule has 3 aromatic carbocycles. The van der Waals surface area contributed by atoms with Crippen LogP contribution >= 0.6 is 11.8 Å². The first-order chi connectivity index (χ1) is 25.6. The fourth-order valence-corrected chi connectivity index (χ4v) is 11.6. The summed E-state index contributed by atoms with van der Waals surface area (Å²) in [4.78, 5) is 33.3. The van der Waals surface area contributed by atoms with Gasteiger partial charge in [0.15, 0.2) is 28.5 Å². The number of carbonyl (C=O) groups is 2. The predicted octanol–water partition coefficient (Wildman–Crippen LogP) is 5.44. The van der Waals surface area contributed by atoms with Crippen LogP contribution in [-0.4, -0.2) is 78.4 Å². The highest BCUT2D eigenvalue weighted by Gasteiger charge is 2.55. The Hall–Kier alpha value is -4.50. The van der Waals surface area contributed by atoms with Crippen molar-refractivity contribution in [1.82, 2.24) is 15.2 Å². The maximum Gasteiger partial charge on any atom is 0.333 e. The highest BCUT2D eigenvalue weighted by Crippen LogP contribution is 2.64. The van der Waals surface area contributed by atoms with Crippen molar-refractivity contribution in [2.24, 2.45) is 0 Å². The van der Waals surface area contributed by atoms with Gasteiger partial charge in [-0.2, -0.15) is 0 Å². The van der Waals surface area contributed by atoms with Crippen molar-refractivity contribution < 1.29 is 42.8 Å². The van der Waals surface area contributed by atoms with E-state index in [2.05, 4.69) is 21.3 Å². The van der Waals surface area contributed by atoms with Crippen molar-refractivity contribution in [2.45, 2.75) is 68.6 Å². The van der Waals surface area contributed by atoms with Gasteiger partial charge in [-0.05, 0) is 73.7 Å². The van der Waals surface area contributed by atoms with Crippen LogP contribution in [0, 0.1) is 19.7 Å². The van der Waals surface area contributed by atoms with Crippen LogP contribution in [0.5, 0.6) is 28.7 Å². The van der Waals surface area contributed by atoms with E-state index in [9.17, 15) is 19.1 Å². The zero-order valence-corrected chi connectivity index (χ0v) is 30.4. The Labute approximate surface area is 308 Å². The third kappa shape index (κ3) is 4.58. The number of thioether (sulfide) groups is 1. The number of rotatable bonds is 2. The molecule has 4 aromatic rings.